The van der Waals surface area contributed by atoms with Crippen LogP contribution in [0, 0.1) is 6.92 Å². The van der Waals surface area contributed by atoms with Crippen LogP contribution in [0.3, 0.4) is 0 Å². The zero-order valence-corrected chi connectivity index (χ0v) is 12.7. The summed E-state index contributed by atoms with van der Waals surface area (Å²) in [6, 6.07) is 9.91. The molecule has 2 aromatic rings. The van der Waals surface area contributed by atoms with E-state index in [0.29, 0.717) is 26.3 Å². The number of nitrogens with zero attached hydrogens (tertiary/aromatic N) is 2. The van der Waals surface area contributed by atoms with Gasteiger partial charge in [-0.3, -0.25) is 5.32 Å². The minimum Gasteiger partial charge on any atom is -0.378 e. The summed E-state index contributed by atoms with van der Waals surface area (Å²) in [6.07, 6.45) is 0. The lowest BCUT2D eigenvalue weighted by atomic mass is 10.2. The van der Waals surface area contributed by atoms with Gasteiger partial charge in [-0.25, -0.2) is 9.78 Å². The second kappa shape index (κ2) is 6.24. The molecule has 2 amide bonds. The number of hydrogen-bond donors (Lipinski definition) is 1. The molecule has 1 aromatic carbocycles. The summed E-state index contributed by atoms with van der Waals surface area (Å²) in [6.45, 7) is 4.39. The number of thiazole rings is 1. The molecule has 0 bridgehead atoms. The van der Waals surface area contributed by atoms with Crippen LogP contribution in [0.25, 0.3) is 10.6 Å². The Kier molecular flexibility index (Phi) is 4.17. The van der Waals surface area contributed by atoms with Crippen LogP contribution in [-0.2, 0) is 4.74 Å². The summed E-state index contributed by atoms with van der Waals surface area (Å²) in [5.41, 5.74) is 1.91. The van der Waals surface area contributed by atoms with E-state index in [4.69, 9.17) is 4.74 Å². The molecule has 1 saturated heterocycles. The molecule has 1 aliphatic rings. The molecule has 0 aliphatic carbocycles. The SMILES string of the molecule is Cc1nc(-c2ccccc2)sc1NC(=O)N1CCOCC1. The minimum atomic E-state index is -0.0790. The topological polar surface area (TPSA) is 54.5 Å². The second-order valence-corrected chi connectivity index (χ2v) is 5.83. The number of morpholine rings is 1. The van der Waals surface area contributed by atoms with Crippen molar-refractivity contribution in [2.45, 2.75) is 6.92 Å². The predicted octanol–water partition coefficient (Wildman–Crippen LogP) is 2.98. The number of carbonyl (C=O) groups is 1. The van der Waals surface area contributed by atoms with Crippen LogP contribution in [0.1, 0.15) is 5.69 Å². The third kappa shape index (κ3) is 3.22. The first-order valence-corrected chi connectivity index (χ1v) is 7.72. The molecule has 1 N–H and O–H groups in total. The summed E-state index contributed by atoms with van der Waals surface area (Å²) in [5.74, 6) is 0. The Morgan fingerprint density at radius 1 is 1.29 bits per heavy atom. The molecule has 6 heteroatoms. The Morgan fingerprint density at radius 2 is 2.00 bits per heavy atom. The lowest BCUT2D eigenvalue weighted by molar-refractivity contribution is 0.0565. The maximum atomic E-state index is 12.2. The summed E-state index contributed by atoms with van der Waals surface area (Å²) in [7, 11) is 0. The molecular weight excluding hydrogens is 286 g/mol. The minimum absolute atomic E-state index is 0.0790. The van der Waals surface area contributed by atoms with Crippen LogP contribution in [-0.4, -0.2) is 42.2 Å². The molecule has 0 saturated carbocycles. The highest BCUT2D eigenvalue weighted by molar-refractivity contribution is 7.19. The maximum absolute atomic E-state index is 12.2. The zero-order chi connectivity index (χ0) is 14.7. The standard InChI is InChI=1S/C15H17N3O2S/c1-11-13(17-15(19)18-7-9-20-10-8-18)21-14(16-11)12-5-3-2-4-6-12/h2-6H,7-10H2,1H3,(H,17,19). The van der Waals surface area contributed by atoms with Crippen LogP contribution >= 0.6 is 11.3 Å². The molecule has 0 spiro atoms. The third-order valence-corrected chi connectivity index (χ3v) is 4.46. The Hall–Kier alpha value is -1.92. The van der Waals surface area contributed by atoms with Gasteiger partial charge in [-0.05, 0) is 6.92 Å². The molecular formula is C15H17N3O2S. The van der Waals surface area contributed by atoms with Crippen LogP contribution in [0.2, 0.25) is 0 Å². The fraction of sp³-hybridized carbons (Fsp3) is 0.333. The van der Waals surface area contributed by atoms with Gasteiger partial charge in [-0.1, -0.05) is 41.7 Å². The third-order valence-electron chi connectivity index (χ3n) is 3.34. The molecule has 5 nitrogen and oxygen atoms in total. The number of ether oxygens (including phenoxy) is 1. The largest absolute Gasteiger partial charge is 0.378 e. The van der Waals surface area contributed by atoms with E-state index in [1.165, 1.54) is 11.3 Å². The fourth-order valence-corrected chi connectivity index (χ4v) is 3.12. The molecule has 3 rings (SSSR count). The van der Waals surface area contributed by atoms with Crippen molar-refractivity contribution >= 4 is 22.4 Å². The molecule has 1 fully saturated rings. The van der Waals surface area contributed by atoms with Gasteiger partial charge in [-0.2, -0.15) is 0 Å². The summed E-state index contributed by atoms with van der Waals surface area (Å²) in [5, 5.41) is 4.69. The highest BCUT2D eigenvalue weighted by atomic mass is 32.1. The summed E-state index contributed by atoms with van der Waals surface area (Å²) in [4.78, 5) is 18.5. The quantitative estimate of drug-likeness (QED) is 0.928. The number of aromatic nitrogens is 1. The smallest absolute Gasteiger partial charge is 0.322 e. The first kappa shape index (κ1) is 14.0. The van der Waals surface area contributed by atoms with Crippen molar-refractivity contribution in [3.05, 3.63) is 36.0 Å². The number of anilines is 1. The highest BCUT2D eigenvalue weighted by Gasteiger charge is 2.19. The van der Waals surface area contributed by atoms with Gasteiger partial charge in [0.25, 0.3) is 0 Å². The number of hydrogen-bond acceptors (Lipinski definition) is 4. The Labute approximate surface area is 127 Å². The lowest BCUT2D eigenvalue weighted by Gasteiger charge is -2.26. The van der Waals surface area contributed by atoms with Crippen molar-refractivity contribution in [3.63, 3.8) is 0 Å². The van der Waals surface area contributed by atoms with Crippen molar-refractivity contribution in [1.29, 1.82) is 0 Å². The van der Waals surface area contributed by atoms with Gasteiger partial charge < -0.3 is 9.64 Å². The first-order chi connectivity index (χ1) is 10.2. The fourth-order valence-electron chi connectivity index (χ4n) is 2.16. The van der Waals surface area contributed by atoms with Crippen LogP contribution in [0.5, 0.6) is 0 Å². The number of rotatable bonds is 2. The molecule has 0 atom stereocenters. The van der Waals surface area contributed by atoms with E-state index in [-0.39, 0.29) is 6.03 Å². The average Bonchev–Trinajstić information content (AvgIpc) is 2.90. The van der Waals surface area contributed by atoms with Crippen LogP contribution in [0.4, 0.5) is 9.80 Å². The van der Waals surface area contributed by atoms with Crippen molar-refractivity contribution in [2.75, 3.05) is 31.6 Å². The highest BCUT2D eigenvalue weighted by Crippen LogP contribution is 2.31. The summed E-state index contributed by atoms with van der Waals surface area (Å²) >= 11 is 1.50. The Balaban J connectivity index is 1.74. The lowest BCUT2D eigenvalue weighted by Crippen LogP contribution is -2.43. The first-order valence-electron chi connectivity index (χ1n) is 6.90. The van der Waals surface area contributed by atoms with Crippen molar-refractivity contribution in [1.82, 2.24) is 9.88 Å². The van der Waals surface area contributed by atoms with E-state index in [1.54, 1.807) is 4.90 Å². The normalized spacial score (nSPS) is 15.0. The van der Waals surface area contributed by atoms with Gasteiger partial charge in [0, 0.05) is 18.7 Å². The van der Waals surface area contributed by atoms with E-state index in [1.807, 2.05) is 37.3 Å². The Bertz CT molecular complexity index is 621. The molecule has 1 aliphatic heterocycles. The molecule has 1 aromatic heterocycles. The summed E-state index contributed by atoms with van der Waals surface area (Å²) < 4.78 is 5.25. The predicted molar refractivity (Wildman–Crippen MR) is 83.7 cm³/mol. The van der Waals surface area contributed by atoms with Crippen LogP contribution in [0.15, 0.2) is 30.3 Å². The number of amides is 2. The number of aryl methyl sites for hydroxylation is 1. The van der Waals surface area contributed by atoms with Gasteiger partial charge in [-0.15, -0.1) is 0 Å². The van der Waals surface area contributed by atoms with E-state index < -0.39 is 0 Å². The van der Waals surface area contributed by atoms with Crippen LogP contribution < -0.4 is 5.32 Å². The van der Waals surface area contributed by atoms with Gasteiger partial charge in [0.05, 0.1) is 18.9 Å². The molecule has 0 radical (unpaired) electrons. The number of benzene rings is 1. The average molecular weight is 303 g/mol. The molecule has 21 heavy (non-hydrogen) atoms. The second-order valence-electron chi connectivity index (χ2n) is 4.83. The van der Waals surface area contributed by atoms with Crippen molar-refractivity contribution in [3.8, 4) is 10.6 Å². The Morgan fingerprint density at radius 3 is 2.71 bits per heavy atom. The van der Waals surface area contributed by atoms with Gasteiger partial charge in [0.2, 0.25) is 0 Å². The zero-order valence-electron chi connectivity index (χ0n) is 11.8. The van der Waals surface area contributed by atoms with Gasteiger partial charge in [0.15, 0.2) is 0 Å². The van der Waals surface area contributed by atoms with Crippen molar-refractivity contribution < 1.29 is 9.53 Å². The van der Waals surface area contributed by atoms with E-state index >= 15 is 0 Å². The van der Waals surface area contributed by atoms with E-state index in [2.05, 4.69) is 10.3 Å². The van der Waals surface area contributed by atoms with Crippen molar-refractivity contribution in [2.24, 2.45) is 0 Å². The number of nitrogens with one attached hydrogen (secondary N) is 1. The number of carbonyl (C=O) groups excluding carboxylic acids is 1. The molecule has 0 unspecified atom stereocenters. The van der Waals surface area contributed by atoms with Gasteiger partial charge in [0.1, 0.15) is 10.0 Å². The number of urea groups is 1. The maximum Gasteiger partial charge on any atom is 0.322 e. The molecule has 2 heterocycles. The van der Waals surface area contributed by atoms with Gasteiger partial charge >= 0.3 is 6.03 Å². The monoisotopic (exact) mass is 303 g/mol. The molecule has 110 valence electrons. The van der Waals surface area contributed by atoms with E-state index in [9.17, 15) is 4.79 Å². The van der Waals surface area contributed by atoms with E-state index in [0.717, 1.165) is 21.3 Å².